The van der Waals surface area contributed by atoms with Crippen LogP contribution in [0.2, 0.25) is 0 Å². The Morgan fingerprint density at radius 3 is 2.52 bits per heavy atom. The van der Waals surface area contributed by atoms with Crippen molar-refractivity contribution >= 4 is 6.09 Å². The number of hydrogen-bond donors (Lipinski definition) is 1. The molecule has 33 heavy (non-hydrogen) atoms. The van der Waals surface area contributed by atoms with Crippen molar-refractivity contribution < 1.29 is 27.4 Å². The highest BCUT2D eigenvalue weighted by Crippen LogP contribution is 2.36. The Kier molecular flexibility index (Phi) is 7.57. The van der Waals surface area contributed by atoms with Crippen molar-refractivity contribution in [1.29, 1.82) is 0 Å². The number of aromatic nitrogens is 2. The van der Waals surface area contributed by atoms with Crippen molar-refractivity contribution in [2.45, 2.75) is 68.7 Å². The zero-order valence-electron chi connectivity index (χ0n) is 18.5. The Labute approximate surface area is 191 Å². The molecule has 2 heterocycles. The number of nitrogens with one attached hydrogen (secondary N) is 1. The third kappa shape index (κ3) is 6.28. The summed E-state index contributed by atoms with van der Waals surface area (Å²) in [6.45, 7) is -0.990. The van der Waals surface area contributed by atoms with Crippen molar-refractivity contribution in [1.82, 2.24) is 15.1 Å². The smallest absolute Gasteiger partial charge is 0.422 e. The second kappa shape index (κ2) is 10.6. The second-order valence-electron chi connectivity index (χ2n) is 8.91. The lowest BCUT2D eigenvalue weighted by Gasteiger charge is -2.41. The zero-order chi connectivity index (χ0) is 23.3. The summed E-state index contributed by atoms with van der Waals surface area (Å²) in [7, 11) is 0. The molecule has 1 saturated heterocycles. The Hall–Kier alpha value is -2.55. The number of H-pyrrole nitrogens is 1. The van der Waals surface area contributed by atoms with Gasteiger partial charge < -0.3 is 14.4 Å². The molecule has 4 rings (SSSR count). The van der Waals surface area contributed by atoms with Crippen LogP contribution < -0.4 is 0 Å². The molecule has 1 N–H and O–H groups in total. The molecule has 180 valence electrons. The molecule has 0 bridgehead atoms. The topological polar surface area (TPSA) is 67.5 Å². The van der Waals surface area contributed by atoms with E-state index in [9.17, 15) is 18.0 Å². The number of ether oxygens (including phenoxy) is 2. The van der Waals surface area contributed by atoms with Gasteiger partial charge in [0.25, 0.3) is 0 Å². The summed E-state index contributed by atoms with van der Waals surface area (Å²) >= 11 is 0. The van der Waals surface area contributed by atoms with Gasteiger partial charge in [0, 0.05) is 24.4 Å². The van der Waals surface area contributed by atoms with Crippen LogP contribution in [-0.2, 0) is 9.47 Å². The van der Waals surface area contributed by atoms with Crippen LogP contribution in [0.15, 0.2) is 42.6 Å². The maximum absolute atomic E-state index is 12.6. The van der Waals surface area contributed by atoms with Crippen LogP contribution in [0.3, 0.4) is 0 Å². The first-order valence-corrected chi connectivity index (χ1v) is 11.6. The van der Waals surface area contributed by atoms with Crippen LogP contribution in [-0.4, -0.2) is 59.3 Å². The minimum absolute atomic E-state index is 0.0716. The highest BCUT2D eigenvalue weighted by molar-refractivity contribution is 5.68. The summed E-state index contributed by atoms with van der Waals surface area (Å²) in [5.74, 6) is 0.424. The third-order valence-electron chi connectivity index (χ3n) is 6.74. The number of nitrogens with zero attached hydrogens (tertiary/aromatic N) is 2. The summed E-state index contributed by atoms with van der Waals surface area (Å²) in [5, 5.41) is 6.96. The SMILES string of the molecule is O=C(OCC(F)(F)F)N1CCC[C@H](c2ccn[nH]2)[C@@H]1COC1CCC(c2ccccc2)CC1. The molecule has 1 aromatic carbocycles. The zero-order valence-corrected chi connectivity index (χ0v) is 18.5. The second-order valence-corrected chi connectivity index (χ2v) is 8.91. The molecule has 0 spiro atoms. The molecule has 1 aliphatic carbocycles. The van der Waals surface area contributed by atoms with Gasteiger partial charge in [0.2, 0.25) is 0 Å². The largest absolute Gasteiger partial charge is 0.440 e. The molecule has 1 amide bonds. The van der Waals surface area contributed by atoms with Gasteiger partial charge in [-0.3, -0.25) is 5.10 Å². The van der Waals surface area contributed by atoms with Gasteiger partial charge >= 0.3 is 12.3 Å². The average Bonchev–Trinajstić information content (AvgIpc) is 3.36. The van der Waals surface area contributed by atoms with E-state index in [0.717, 1.165) is 37.8 Å². The molecular weight excluding hydrogens is 435 g/mol. The monoisotopic (exact) mass is 465 g/mol. The maximum Gasteiger partial charge on any atom is 0.422 e. The maximum atomic E-state index is 12.6. The number of piperidine rings is 1. The Balaban J connectivity index is 1.38. The van der Waals surface area contributed by atoms with E-state index in [4.69, 9.17) is 4.74 Å². The fraction of sp³-hybridized carbons (Fsp3) is 0.583. The van der Waals surface area contributed by atoms with E-state index >= 15 is 0 Å². The molecule has 1 aliphatic heterocycles. The van der Waals surface area contributed by atoms with E-state index in [1.165, 1.54) is 10.5 Å². The van der Waals surface area contributed by atoms with Crippen LogP contribution in [0, 0.1) is 0 Å². The standard InChI is InChI=1S/C24H30F3N3O3/c25-24(26,27)16-33-23(31)30-14-4-7-20(21-12-13-28-29-21)22(30)15-32-19-10-8-18(9-11-19)17-5-2-1-3-6-17/h1-3,5-6,12-13,18-20,22H,4,7-11,14-16H2,(H,28,29)/t18?,19?,20-,22+/m1/s1. The number of amides is 1. The van der Waals surface area contributed by atoms with Gasteiger partial charge in [-0.1, -0.05) is 30.3 Å². The molecular formula is C24H30F3N3O3. The Bertz CT molecular complexity index is 868. The van der Waals surface area contributed by atoms with E-state index < -0.39 is 24.9 Å². The highest BCUT2D eigenvalue weighted by atomic mass is 19.4. The van der Waals surface area contributed by atoms with Crippen LogP contribution in [0.5, 0.6) is 0 Å². The van der Waals surface area contributed by atoms with E-state index in [0.29, 0.717) is 18.9 Å². The van der Waals surface area contributed by atoms with Gasteiger partial charge in [-0.2, -0.15) is 18.3 Å². The van der Waals surface area contributed by atoms with Gasteiger partial charge in [-0.25, -0.2) is 4.79 Å². The summed E-state index contributed by atoms with van der Waals surface area (Å²) in [6, 6.07) is 11.9. The van der Waals surface area contributed by atoms with Crippen molar-refractivity contribution in [3.8, 4) is 0 Å². The number of carbonyl (C=O) groups is 1. The number of rotatable bonds is 6. The number of hydrogen-bond acceptors (Lipinski definition) is 4. The minimum Gasteiger partial charge on any atom is -0.440 e. The Morgan fingerprint density at radius 1 is 1.09 bits per heavy atom. The van der Waals surface area contributed by atoms with Crippen LogP contribution in [0.25, 0.3) is 0 Å². The quantitative estimate of drug-likeness (QED) is 0.620. The molecule has 9 heteroatoms. The van der Waals surface area contributed by atoms with Gasteiger partial charge in [-0.15, -0.1) is 0 Å². The number of halogens is 3. The average molecular weight is 466 g/mol. The molecule has 2 aliphatic rings. The summed E-state index contributed by atoms with van der Waals surface area (Å²) in [6.07, 6.45) is 1.56. The number of carbonyl (C=O) groups excluding carboxylic acids is 1. The predicted molar refractivity (Wildman–Crippen MR) is 116 cm³/mol. The fourth-order valence-electron chi connectivity index (χ4n) is 5.07. The molecule has 1 aromatic heterocycles. The van der Waals surface area contributed by atoms with E-state index in [1.807, 2.05) is 12.1 Å². The Morgan fingerprint density at radius 2 is 1.85 bits per heavy atom. The molecule has 0 unspecified atom stereocenters. The molecule has 2 aromatic rings. The number of likely N-dealkylation sites (tertiary alicyclic amines) is 1. The lowest BCUT2D eigenvalue weighted by molar-refractivity contribution is -0.163. The lowest BCUT2D eigenvalue weighted by Crippen LogP contribution is -2.51. The molecule has 0 radical (unpaired) electrons. The van der Waals surface area contributed by atoms with Crippen molar-refractivity contribution in [2.75, 3.05) is 19.8 Å². The van der Waals surface area contributed by atoms with E-state index in [1.54, 1.807) is 6.20 Å². The summed E-state index contributed by atoms with van der Waals surface area (Å²) in [5.41, 5.74) is 2.20. The first-order chi connectivity index (χ1) is 15.9. The molecule has 2 fully saturated rings. The highest BCUT2D eigenvalue weighted by Gasteiger charge is 2.39. The number of aromatic amines is 1. The minimum atomic E-state index is -4.56. The van der Waals surface area contributed by atoms with Crippen LogP contribution in [0.4, 0.5) is 18.0 Å². The van der Waals surface area contributed by atoms with E-state index in [2.05, 4.69) is 39.2 Å². The predicted octanol–water partition coefficient (Wildman–Crippen LogP) is 5.40. The van der Waals surface area contributed by atoms with Gasteiger partial charge in [-0.05, 0) is 56.1 Å². The van der Waals surface area contributed by atoms with Crippen LogP contribution >= 0.6 is 0 Å². The number of alkyl halides is 3. The first-order valence-electron chi connectivity index (χ1n) is 11.6. The normalized spacial score (nSPS) is 26.2. The van der Waals surface area contributed by atoms with Crippen molar-refractivity contribution in [3.05, 3.63) is 53.9 Å². The fourth-order valence-corrected chi connectivity index (χ4v) is 5.07. The molecule has 2 atom stereocenters. The lowest BCUT2D eigenvalue weighted by atomic mass is 9.82. The number of benzene rings is 1. The van der Waals surface area contributed by atoms with Gasteiger partial charge in [0.05, 0.1) is 18.8 Å². The van der Waals surface area contributed by atoms with Crippen LogP contribution in [0.1, 0.15) is 61.6 Å². The first kappa shape index (κ1) is 23.6. The van der Waals surface area contributed by atoms with E-state index in [-0.39, 0.29) is 18.6 Å². The van der Waals surface area contributed by atoms with Gasteiger partial charge in [0.1, 0.15) is 0 Å². The molecule has 6 nitrogen and oxygen atoms in total. The van der Waals surface area contributed by atoms with Crippen molar-refractivity contribution in [2.24, 2.45) is 0 Å². The summed E-state index contributed by atoms with van der Waals surface area (Å²) < 4.78 is 48.6. The molecule has 1 saturated carbocycles. The van der Waals surface area contributed by atoms with Crippen molar-refractivity contribution in [3.63, 3.8) is 0 Å². The third-order valence-corrected chi connectivity index (χ3v) is 6.74. The van der Waals surface area contributed by atoms with Gasteiger partial charge in [0.15, 0.2) is 6.61 Å². The summed E-state index contributed by atoms with van der Waals surface area (Å²) in [4.78, 5) is 13.9.